The molecule has 0 aliphatic heterocycles. The van der Waals surface area contributed by atoms with Gasteiger partial charge in [-0.2, -0.15) is 0 Å². The van der Waals surface area contributed by atoms with Gasteiger partial charge in [-0.1, -0.05) is 12.1 Å². The lowest BCUT2D eigenvalue weighted by Crippen LogP contribution is -2.13. The summed E-state index contributed by atoms with van der Waals surface area (Å²) in [5.41, 5.74) is 7.00. The monoisotopic (exact) mass is 292 g/mol. The van der Waals surface area contributed by atoms with Crippen LogP contribution in [0.3, 0.4) is 0 Å². The molecule has 0 saturated heterocycles. The van der Waals surface area contributed by atoms with Crippen LogP contribution in [0.4, 0.5) is 5.69 Å². The average Bonchev–Trinajstić information content (AvgIpc) is 2.37. The van der Waals surface area contributed by atoms with Gasteiger partial charge in [0.05, 0.1) is 10.5 Å². The predicted molar refractivity (Wildman–Crippen MR) is 74.6 cm³/mol. The van der Waals surface area contributed by atoms with Crippen LogP contribution in [0.15, 0.2) is 47.4 Å². The Morgan fingerprint density at radius 1 is 1.05 bits per heavy atom. The van der Waals surface area contributed by atoms with E-state index in [1.807, 2.05) is 0 Å². The molecule has 0 radical (unpaired) electrons. The topological polar surface area (TPSA) is 123 Å². The van der Waals surface area contributed by atoms with E-state index in [0.717, 1.165) is 0 Å². The molecule has 0 amide bonds. The van der Waals surface area contributed by atoms with Crippen LogP contribution in [-0.4, -0.2) is 19.5 Å². The maximum atomic E-state index is 11.6. The van der Waals surface area contributed by atoms with E-state index >= 15 is 0 Å². The summed E-state index contributed by atoms with van der Waals surface area (Å²) >= 11 is 0. The number of carboxylic acid groups (broad SMARTS) is 1. The van der Waals surface area contributed by atoms with Gasteiger partial charge in [0.15, 0.2) is 0 Å². The number of carboxylic acids is 1. The minimum atomic E-state index is -3.90. The third-order valence-electron chi connectivity index (χ3n) is 2.75. The van der Waals surface area contributed by atoms with Crippen molar-refractivity contribution in [3.63, 3.8) is 0 Å². The summed E-state index contributed by atoms with van der Waals surface area (Å²) in [6, 6.07) is 10.0. The van der Waals surface area contributed by atoms with Crippen LogP contribution in [0.5, 0.6) is 0 Å². The van der Waals surface area contributed by atoms with E-state index < -0.39 is 16.0 Å². The van der Waals surface area contributed by atoms with Gasteiger partial charge in [0.1, 0.15) is 0 Å². The number of sulfonamides is 1. The van der Waals surface area contributed by atoms with E-state index in [2.05, 4.69) is 0 Å². The number of nitrogen functional groups attached to an aromatic ring is 1. The molecule has 5 N–H and O–H groups in total. The number of aromatic carboxylic acids is 1. The zero-order valence-electron chi connectivity index (χ0n) is 10.3. The molecule has 20 heavy (non-hydrogen) atoms. The largest absolute Gasteiger partial charge is 0.478 e. The molecule has 0 spiro atoms. The quantitative estimate of drug-likeness (QED) is 0.735. The summed E-state index contributed by atoms with van der Waals surface area (Å²) in [5.74, 6) is -1.06. The second-order valence-corrected chi connectivity index (χ2v) is 5.71. The second kappa shape index (κ2) is 4.95. The molecule has 0 unspecified atom stereocenters. The summed E-state index contributed by atoms with van der Waals surface area (Å²) in [6.07, 6.45) is 0. The molecule has 0 heterocycles. The number of primary sulfonamides is 1. The molecule has 2 aromatic rings. The fraction of sp³-hybridized carbons (Fsp3) is 0. The molecule has 0 aliphatic rings. The lowest BCUT2D eigenvalue weighted by molar-refractivity contribution is 0.0697. The van der Waals surface area contributed by atoms with Gasteiger partial charge in [-0.05, 0) is 35.9 Å². The highest BCUT2D eigenvalue weighted by atomic mass is 32.2. The van der Waals surface area contributed by atoms with E-state index in [9.17, 15) is 13.2 Å². The van der Waals surface area contributed by atoms with Gasteiger partial charge in [-0.25, -0.2) is 18.4 Å². The number of hydrogen-bond acceptors (Lipinski definition) is 4. The fourth-order valence-electron chi connectivity index (χ4n) is 1.81. The third-order valence-corrected chi connectivity index (χ3v) is 3.72. The summed E-state index contributed by atoms with van der Waals surface area (Å²) in [5, 5.41) is 14.0. The molecule has 0 fully saturated rings. The molecular formula is C13H12N2O4S. The van der Waals surface area contributed by atoms with Crippen LogP contribution >= 0.6 is 0 Å². The number of rotatable bonds is 3. The van der Waals surface area contributed by atoms with Crippen molar-refractivity contribution in [1.82, 2.24) is 0 Å². The van der Waals surface area contributed by atoms with Gasteiger partial charge in [0.25, 0.3) is 0 Å². The number of nitrogens with two attached hydrogens (primary N) is 2. The highest BCUT2D eigenvalue weighted by Gasteiger charge is 2.15. The molecular weight excluding hydrogens is 280 g/mol. The van der Waals surface area contributed by atoms with Crippen molar-refractivity contribution in [3.05, 3.63) is 48.0 Å². The number of benzene rings is 2. The van der Waals surface area contributed by atoms with Crippen LogP contribution in [0.2, 0.25) is 0 Å². The molecule has 104 valence electrons. The average molecular weight is 292 g/mol. The van der Waals surface area contributed by atoms with E-state index in [1.165, 1.54) is 42.5 Å². The Morgan fingerprint density at radius 3 is 2.15 bits per heavy atom. The van der Waals surface area contributed by atoms with Crippen molar-refractivity contribution >= 4 is 21.7 Å². The summed E-state index contributed by atoms with van der Waals surface area (Å²) in [4.78, 5) is 10.7. The normalized spacial score (nSPS) is 11.2. The molecule has 2 aromatic carbocycles. The Kier molecular flexibility index (Phi) is 3.47. The number of anilines is 1. The van der Waals surface area contributed by atoms with Gasteiger partial charge in [-0.15, -0.1) is 0 Å². The molecule has 7 heteroatoms. The van der Waals surface area contributed by atoms with Crippen LogP contribution in [0.1, 0.15) is 10.4 Å². The minimum absolute atomic E-state index is 0.0604. The smallest absolute Gasteiger partial charge is 0.335 e. The zero-order valence-corrected chi connectivity index (χ0v) is 11.1. The number of carbonyl (C=O) groups is 1. The van der Waals surface area contributed by atoms with Crippen molar-refractivity contribution in [3.8, 4) is 11.1 Å². The molecule has 0 atom stereocenters. The molecule has 2 rings (SSSR count). The van der Waals surface area contributed by atoms with Crippen LogP contribution in [-0.2, 0) is 10.0 Å². The Labute approximate surface area is 115 Å². The maximum Gasteiger partial charge on any atom is 0.335 e. The first-order valence-electron chi connectivity index (χ1n) is 5.55. The molecule has 0 aromatic heterocycles. The van der Waals surface area contributed by atoms with Gasteiger partial charge < -0.3 is 10.8 Å². The van der Waals surface area contributed by atoms with E-state index in [1.54, 1.807) is 0 Å². The number of hydrogen-bond donors (Lipinski definition) is 3. The first kappa shape index (κ1) is 14.0. The highest BCUT2D eigenvalue weighted by Crippen LogP contribution is 2.29. The Balaban J connectivity index is 2.62. The third kappa shape index (κ3) is 2.79. The first-order chi connectivity index (χ1) is 9.29. The minimum Gasteiger partial charge on any atom is -0.478 e. The fourth-order valence-corrected chi connectivity index (χ4v) is 2.55. The molecule has 0 saturated carbocycles. The zero-order chi connectivity index (χ0) is 14.9. The SMILES string of the molecule is Nc1ccc(S(N)(=O)=O)c(-c2ccc(C(=O)O)cc2)c1. The van der Waals surface area contributed by atoms with Crippen molar-refractivity contribution in [1.29, 1.82) is 0 Å². The van der Waals surface area contributed by atoms with Crippen LogP contribution in [0.25, 0.3) is 11.1 Å². The summed E-state index contributed by atoms with van der Waals surface area (Å²) in [7, 11) is -3.90. The first-order valence-corrected chi connectivity index (χ1v) is 7.10. The molecule has 6 nitrogen and oxygen atoms in total. The Bertz CT molecular complexity index is 767. The summed E-state index contributed by atoms with van der Waals surface area (Å²) in [6.45, 7) is 0. The highest BCUT2D eigenvalue weighted by molar-refractivity contribution is 7.89. The molecule has 0 bridgehead atoms. The van der Waals surface area contributed by atoms with E-state index in [4.69, 9.17) is 16.0 Å². The van der Waals surface area contributed by atoms with Gasteiger partial charge in [-0.3, -0.25) is 0 Å². The van der Waals surface area contributed by atoms with Gasteiger partial charge >= 0.3 is 5.97 Å². The lowest BCUT2D eigenvalue weighted by Gasteiger charge is -2.09. The lowest BCUT2D eigenvalue weighted by atomic mass is 10.0. The second-order valence-electron chi connectivity index (χ2n) is 4.18. The maximum absolute atomic E-state index is 11.6. The Morgan fingerprint density at radius 2 is 1.65 bits per heavy atom. The summed E-state index contributed by atoms with van der Waals surface area (Å²) < 4.78 is 23.1. The van der Waals surface area contributed by atoms with Crippen LogP contribution < -0.4 is 10.9 Å². The van der Waals surface area contributed by atoms with Crippen molar-refractivity contribution < 1.29 is 18.3 Å². The predicted octanol–water partition coefficient (Wildman–Crippen LogP) is 1.28. The molecule has 0 aliphatic carbocycles. The van der Waals surface area contributed by atoms with Crippen molar-refractivity contribution in [2.45, 2.75) is 4.90 Å². The Hall–Kier alpha value is -2.38. The van der Waals surface area contributed by atoms with Gasteiger partial charge in [0.2, 0.25) is 10.0 Å². The van der Waals surface area contributed by atoms with E-state index in [0.29, 0.717) is 16.8 Å². The van der Waals surface area contributed by atoms with Gasteiger partial charge in [0, 0.05) is 11.3 Å². The van der Waals surface area contributed by atoms with Crippen molar-refractivity contribution in [2.24, 2.45) is 5.14 Å². The standard InChI is InChI=1S/C13H12N2O4S/c14-10-5-6-12(20(15,18)19)11(7-10)8-1-3-9(4-2-8)13(16)17/h1-7H,14H2,(H,16,17)(H2,15,18,19). The van der Waals surface area contributed by atoms with E-state index in [-0.39, 0.29) is 10.5 Å². The van der Waals surface area contributed by atoms with Crippen LogP contribution in [0, 0.1) is 0 Å². The van der Waals surface area contributed by atoms with Crippen molar-refractivity contribution in [2.75, 3.05) is 5.73 Å².